The summed E-state index contributed by atoms with van der Waals surface area (Å²) >= 11 is 0. The van der Waals surface area contributed by atoms with Gasteiger partial charge < -0.3 is 24.3 Å². The minimum absolute atomic E-state index is 0.0302. The second-order valence-corrected chi connectivity index (χ2v) is 17.1. The van der Waals surface area contributed by atoms with E-state index in [-0.39, 0.29) is 56.6 Å². The molecule has 56 heavy (non-hydrogen) atoms. The lowest BCUT2D eigenvalue weighted by molar-refractivity contribution is -0.158. The van der Waals surface area contributed by atoms with E-state index in [9.17, 15) is 24.0 Å². The van der Waals surface area contributed by atoms with Gasteiger partial charge in [0.25, 0.3) is 0 Å². The summed E-state index contributed by atoms with van der Waals surface area (Å²) < 4.78 is 22.3. The Morgan fingerprint density at radius 1 is 0.518 bits per heavy atom. The van der Waals surface area contributed by atoms with E-state index in [2.05, 4.69) is 5.32 Å². The van der Waals surface area contributed by atoms with E-state index < -0.39 is 22.8 Å². The van der Waals surface area contributed by atoms with Gasteiger partial charge in [0.15, 0.2) is 0 Å². The number of anilines is 1. The summed E-state index contributed by atoms with van der Waals surface area (Å²) in [5.74, 6) is -1.84. The van der Waals surface area contributed by atoms with Gasteiger partial charge in [-0.2, -0.15) is 0 Å². The van der Waals surface area contributed by atoms with Crippen molar-refractivity contribution < 1.29 is 42.9 Å². The van der Waals surface area contributed by atoms with Gasteiger partial charge in [0, 0.05) is 58.0 Å². The molecular formula is C42H63N5O9. The predicted octanol–water partition coefficient (Wildman–Crippen LogP) is 4.23. The summed E-state index contributed by atoms with van der Waals surface area (Å²) in [5, 5.41) is 2.92. The first-order chi connectivity index (χ1) is 26.1. The van der Waals surface area contributed by atoms with Gasteiger partial charge in [-0.05, 0) is 92.1 Å². The molecule has 310 valence electrons. The number of esters is 4. The Balaban J connectivity index is 1.75. The third kappa shape index (κ3) is 19.5. The van der Waals surface area contributed by atoms with Crippen LogP contribution in [-0.4, -0.2) is 145 Å². The summed E-state index contributed by atoms with van der Waals surface area (Å²) in [6.07, 6.45) is 0. The van der Waals surface area contributed by atoms with Crippen molar-refractivity contribution in [1.29, 1.82) is 0 Å². The van der Waals surface area contributed by atoms with Crippen LogP contribution in [0.3, 0.4) is 0 Å². The number of benzene rings is 2. The Bertz CT molecular complexity index is 1530. The number of carbonyl (C=O) groups is 5. The van der Waals surface area contributed by atoms with E-state index in [4.69, 9.17) is 18.9 Å². The van der Waals surface area contributed by atoms with Crippen molar-refractivity contribution in [3.63, 3.8) is 0 Å². The van der Waals surface area contributed by atoms with Crippen LogP contribution in [0.2, 0.25) is 0 Å². The Morgan fingerprint density at radius 3 is 1.23 bits per heavy atom. The van der Waals surface area contributed by atoms with Crippen LogP contribution in [0, 0.1) is 0 Å². The lowest BCUT2D eigenvalue weighted by Gasteiger charge is -2.34. The van der Waals surface area contributed by atoms with Crippen LogP contribution >= 0.6 is 0 Å². The van der Waals surface area contributed by atoms with Gasteiger partial charge in [-0.1, -0.05) is 30.3 Å². The molecule has 14 heteroatoms. The molecule has 0 aromatic heterocycles. The van der Waals surface area contributed by atoms with Gasteiger partial charge in [-0.25, -0.2) is 4.79 Å². The minimum Gasteiger partial charge on any atom is -0.459 e. The summed E-state index contributed by atoms with van der Waals surface area (Å²) in [7, 11) is 0. The van der Waals surface area contributed by atoms with Gasteiger partial charge in [0.2, 0.25) is 5.91 Å². The van der Waals surface area contributed by atoms with E-state index in [0.29, 0.717) is 63.6 Å². The van der Waals surface area contributed by atoms with E-state index >= 15 is 0 Å². The molecule has 1 saturated heterocycles. The average molecular weight is 782 g/mol. The standard InChI is InChI=1S/C42H63N5O9/c1-40(2,3)54-36(49)28-45-21-19-44(27-35(48)43-34-17-15-33(16-18-34)39(52)53-31-32-13-11-10-12-14-32)20-22-46(29-37(50)55-41(4,5)6)24-26-47(25-23-45)30-38(51)56-42(7,8)9/h10-18H,19-31H2,1-9H3,(H,43,48). The molecule has 2 aromatic rings. The highest BCUT2D eigenvalue weighted by Crippen LogP contribution is 2.14. The van der Waals surface area contributed by atoms with Crippen LogP contribution in [0.5, 0.6) is 0 Å². The largest absolute Gasteiger partial charge is 0.459 e. The highest BCUT2D eigenvalue weighted by molar-refractivity contribution is 5.94. The number of ether oxygens (including phenoxy) is 4. The zero-order valence-corrected chi connectivity index (χ0v) is 34.9. The number of carbonyl (C=O) groups excluding carboxylic acids is 5. The van der Waals surface area contributed by atoms with E-state index in [1.165, 1.54) is 0 Å². The summed E-state index contributed by atoms with van der Waals surface area (Å²) in [6.45, 7) is 20.1. The average Bonchev–Trinajstić information content (AvgIpc) is 3.06. The normalized spacial score (nSPS) is 16.2. The first-order valence-electron chi connectivity index (χ1n) is 19.3. The Hall–Kier alpha value is -4.37. The van der Waals surface area contributed by atoms with Crippen LogP contribution in [0.4, 0.5) is 5.69 Å². The number of rotatable bonds is 12. The molecule has 14 nitrogen and oxygen atoms in total. The highest BCUT2D eigenvalue weighted by atomic mass is 16.6. The van der Waals surface area contributed by atoms with Gasteiger partial charge in [0.05, 0.1) is 31.7 Å². The number of nitrogens with one attached hydrogen (secondary N) is 1. The third-order valence-electron chi connectivity index (χ3n) is 8.23. The molecule has 0 atom stereocenters. The lowest BCUT2D eigenvalue weighted by atomic mass is 10.2. The molecule has 1 aliphatic rings. The van der Waals surface area contributed by atoms with Crippen molar-refractivity contribution in [3.05, 3.63) is 65.7 Å². The van der Waals surface area contributed by atoms with Crippen molar-refractivity contribution in [3.8, 4) is 0 Å². The van der Waals surface area contributed by atoms with Crippen LogP contribution in [0.15, 0.2) is 54.6 Å². The molecule has 1 heterocycles. The van der Waals surface area contributed by atoms with Crippen LogP contribution in [0.1, 0.15) is 78.2 Å². The molecule has 2 aromatic carbocycles. The highest BCUT2D eigenvalue weighted by Gasteiger charge is 2.26. The van der Waals surface area contributed by atoms with Crippen LogP contribution in [0.25, 0.3) is 0 Å². The maximum atomic E-state index is 13.4. The molecule has 0 aliphatic carbocycles. The van der Waals surface area contributed by atoms with Crippen LogP contribution < -0.4 is 5.32 Å². The Kier molecular flexibility index (Phi) is 17.5. The molecular weight excluding hydrogens is 718 g/mol. The summed E-state index contributed by atoms with van der Waals surface area (Å²) in [5.41, 5.74) is -0.199. The summed E-state index contributed by atoms with van der Waals surface area (Å²) in [4.78, 5) is 72.8. The SMILES string of the molecule is CC(C)(C)OC(=O)CN1CCN(CC(=O)Nc2ccc(C(=O)OCc3ccccc3)cc2)CCN(CC(=O)OC(C)(C)C)CCN(CC(=O)OC(C)(C)C)CC1. The monoisotopic (exact) mass is 781 g/mol. The molecule has 1 fully saturated rings. The van der Waals surface area contributed by atoms with Gasteiger partial charge in [-0.3, -0.25) is 38.8 Å². The number of hydrogen-bond acceptors (Lipinski definition) is 13. The number of hydrogen-bond donors (Lipinski definition) is 1. The van der Waals surface area contributed by atoms with E-state index in [1.54, 1.807) is 24.3 Å². The topological polar surface area (TPSA) is 147 Å². The maximum absolute atomic E-state index is 13.4. The third-order valence-corrected chi connectivity index (χ3v) is 8.23. The fourth-order valence-corrected chi connectivity index (χ4v) is 5.78. The molecule has 1 aliphatic heterocycles. The van der Waals surface area contributed by atoms with Crippen molar-refractivity contribution in [2.75, 3.05) is 83.9 Å². The van der Waals surface area contributed by atoms with E-state index in [0.717, 1.165) is 5.56 Å². The quantitative estimate of drug-likeness (QED) is 0.242. The number of amides is 1. The first-order valence-corrected chi connectivity index (χ1v) is 19.3. The van der Waals surface area contributed by atoms with Gasteiger partial charge in [-0.15, -0.1) is 0 Å². The zero-order valence-electron chi connectivity index (χ0n) is 34.9. The van der Waals surface area contributed by atoms with Gasteiger partial charge in [0.1, 0.15) is 23.4 Å². The minimum atomic E-state index is -0.658. The number of nitrogens with zero attached hydrogens (tertiary/aromatic N) is 4. The summed E-state index contributed by atoms with van der Waals surface area (Å²) in [6, 6.07) is 15.9. The maximum Gasteiger partial charge on any atom is 0.338 e. The molecule has 3 rings (SSSR count). The van der Waals surface area contributed by atoms with E-state index in [1.807, 2.05) is 112 Å². The van der Waals surface area contributed by atoms with Crippen molar-refractivity contribution >= 4 is 35.5 Å². The second-order valence-electron chi connectivity index (χ2n) is 17.1. The molecule has 1 N–H and O–H groups in total. The van der Waals surface area contributed by atoms with Crippen molar-refractivity contribution in [1.82, 2.24) is 19.6 Å². The molecule has 0 saturated carbocycles. The lowest BCUT2D eigenvalue weighted by Crippen LogP contribution is -2.50. The molecule has 0 bridgehead atoms. The Labute approximate surface area is 332 Å². The smallest absolute Gasteiger partial charge is 0.338 e. The second kappa shape index (κ2) is 21.2. The Morgan fingerprint density at radius 2 is 0.875 bits per heavy atom. The van der Waals surface area contributed by atoms with Gasteiger partial charge >= 0.3 is 23.9 Å². The van der Waals surface area contributed by atoms with Crippen LogP contribution in [-0.2, 0) is 44.7 Å². The molecule has 0 unspecified atom stereocenters. The zero-order chi connectivity index (χ0) is 41.5. The van der Waals surface area contributed by atoms with Crippen molar-refractivity contribution in [2.45, 2.75) is 85.7 Å². The first kappa shape index (κ1) is 46.0. The van der Waals surface area contributed by atoms with Crippen molar-refractivity contribution in [2.24, 2.45) is 0 Å². The molecule has 0 radical (unpaired) electrons. The molecule has 0 spiro atoms. The predicted molar refractivity (Wildman–Crippen MR) is 214 cm³/mol. The fourth-order valence-electron chi connectivity index (χ4n) is 5.78. The molecule has 1 amide bonds. The fraction of sp³-hybridized carbons (Fsp3) is 0.595.